The number of ether oxygens (including phenoxy) is 1. The molecule has 5 heteroatoms. The first kappa shape index (κ1) is 13.5. The zero-order chi connectivity index (χ0) is 13.7. The lowest BCUT2D eigenvalue weighted by molar-refractivity contribution is 0.0302. The van der Waals surface area contributed by atoms with Crippen molar-refractivity contribution in [3.8, 4) is 11.8 Å². The lowest BCUT2D eigenvalue weighted by Crippen LogP contribution is -2.40. The Labute approximate surface area is 111 Å². The number of benzene rings is 1. The Balaban J connectivity index is 2.16. The van der Waals surface area contributed by atoms with E-state index in [0.29, 0.717) is 31.9 Å². The van der Waals surface area contributed by atoms with Crippen molar-refractivity contribution in [2.45, 2.75) is 0 Å². The van der Waals surface area contributed by atoms with Crippen molar-refractivity contribution in [3.63, 3.8) is 0 Å². The molecule has 0 saturated carbocycles. The molecule has 2 N–H and O–H groups in total. The normalized spacial score (nSPS) is 14.7. The third-order valence-electron chi connectivity index (χ3n) is 2.84. The second kappa shape index (κ2) is 6.32. The van der Waals surface area contributed by atoms with Crippen LogP contribution in [0.15, 0.2) is 18.2 Å². The van der Waals surface area contributed by atoms with E-state index in [1.807, 2.05) is 0 Å². The van der Waals surface area contributed by atoms with E-state index in [1.165, 1.54) is 12.1 Å². The number of rotatable bonds is 1. The molecule has 0 unspecified atom stereocenters. The minimum absolute atomic E-state index is 0.175. The van der Waals surface area contributed by atoms with Gasteiger partial charge in [0.25, 0.3) is 5.91 Å². The number of hydrogen-bond acceptors (Lipinski definition) is 3. The van der Waals surface area contributed by atoms with E-state index >= 15 is 0 Å². The van der Waals surface area contributed by atoms with Gasteiger partial charge in [0.1, 0.15) is 5.82 Å². The van der Waals surface area contributed by atoms with E-state index in [9.17, 15) is 9.18 Å². The number of carbonyl (C=O) groups is 1. The second-order valence-electron chi connectivity index (χ2n) is 4.11. The van der Waals surface area contributed by atoms with Crippen LogP contribution in [-0.4, -0.2) is 43.7 Å². The largest absolute Gasteiger partial charge is 0.378 e. The highest BCUT2D eigenvalue weighted by Gasteiger charge is 2.19. The molecule has 4 nitrogen and oxygen atoms in total. The second-order valence-corrected chi connectivity index (χ2v) is 4.11. The van der Waals surface area contributed by atoms with E-state index in [0.717, 1.165) is 0 Å². The van der Waals surface area contributed by atoms with Gasteiger partial charge in [0.15, 0.2) is 0 Å². The molecule has 0 bridgehead atoms. The van der Waals surface area contributed by atoms with Gasteiger partial charge >= 0.3 is 0 Å². The van der Waals surface area contributed by atoms with Crippen molar-refractivity contribution >= 4 is 5.91 Å². The Morgan fingerprint density at radius 3 is 2.79 bits per heavy atom. The molecule has 1 aliphatic heterocycles. The Morgan fingerprint density at radius 2 is 2.16 bits per heavy atom. The summed E-state index contributed by atoms with van der Waals surface area (Å²) in [5, 5.41) is 0. The number of morpholine rings is 1. The Morgan fingerprint density at radius 1 is 1.42 bits per heavy atom. The van der Waals surface area contributed by atoms with Crippen LogP contribution in [0.1, 0.15) is 15.9 Å². The minimum Gasteiger partial charge on any atom is -0.378 e. The van der Waals surface area contributed by atoms with Gasteiger partial charge in [0, 0.05) is 18.7 Å². The predicted octanol–water partition coefficient (Wildman–Crippen LogP) is 0.608. The van der Waals surface area contributed by atoms with Crippen molar-refractivity contribution in [3.05, 3.63) is 35.1 Å². The van der Waals surface area contributed by atoms with Crippen LogP contribution in [0.5, 0.6) is 0 Å². The molecule has 19 heavy (non-hydrogen) atoms. The van der Waals surface area contributed by atoms with Crippen molar-refractivity contribution < 1.29 is 13.9 Å². The number of halogens is 1. The summed E-state index contributed by atoms with van der Waals surface area (Å²) in [7, 11) is 0. The Kier molecular flexibility index (Phi) is 4.50. The summed E-state index contributed by atoms with van der Waals surface area (Å²) >= 11 is 0. The highest BCUT2D eigenvalue weighted by molar-refractivity contribution is 5.94. The summed E-state index contributed by atoms with van der Waals surface area (Å²) in [5.74, 6) is 4.53. The van der Waals surface area contributed by atoms with Crippen LogP contribution in [-0.2, 0) is 4.74 Å². The Bertz CT molecular complexity index is 528. The van der Waals surface area contributed by atoms with Crippen LogP contribution in [0, 0.1) is 17.7 Å². The topological polar surface area (TPSA) is 55.6 Å². The van der Waals surface area contributed by atoms with Crippen LogP contribution in [0.25, 0.3) is 0 Å². The van der Waals surface area contributed by atoms with E-state index in [-0.39, 0.29) is 18.0 Å². The summed E-state index contributed by atoms with van der Waals surface area (Å²) in [4.78, 5) is 13.8. The summed E-state index contributed by atoms with van der Waals surface area (Å²) in [6.07, 6.45) is 0. The third-order valence-corrected chi connectivity index (χ3v) is 2.84. The summed E-state index contributed by atoms with van der Waals surface area (Å²) in [5.41, 5.74) is 5.82. The van der Waals surface area contributed by atoms with Gasteiger partial charge in [-0.1, -0.05) is 11.8 Å². The average molecular weight is 262 g/mol. The summed E-state index contributed by atoms with van der Waals surface area (Å²) in [6.45, 7) is 2.29. The lowest BCUT2D eigenvalue weighted by atomic mass is 10.1. The van der Waals surface area contributed by atoms with E-state index in [2.05, 4.69) is 11.8 Å². The molecule has 100 valence electrons. The monoisotopic (exact) mass is 262 g/mol. The van der Waals surface area contributed by atoms with Crippen molar-refractivity contribution in [2.24, 2.45) is 5.73 Å². The molecular formula is C14H15FN2O2. The van der Waals surface area contributed by atoms with Crippen LogP contribution >= 0.6 is 0 Å². The number of nitrogens with two attached hydrogens (primary N) is 1. The molecule has 2 rings (SSSR count). The molecular weight excluding hydrogens is 247 g/mol. The van der Waals surface area contributed by atoms with Gasteiger partial charge in [-0.2, -0.15) is 0 Å². The number of amides is 1. The zero-order valence-corrected chi connectivity index (χ0v) is 10.5. The number of nitrogens with zero attached hydrogens (tertiary/aromatic N) is 1. The smallest absolute Gasteiger partial charge is 0.254 e. The van der Waals surface area contributed by atoms with E-state index < -0.39 is 5.82 Å². The third kappa shape index (κ3) is 3.31. The molecule has 1 heterocycles. The van der Waals surface area contributed by atoms with Gasteiger partial charge < -0.3 is 15.4 Å². The van der Waals surface area contributed by atoms with Crippen molar-refractivity contribution in [1.29, 1.82) is 0 Å². The number of carbonyl (C=O) groups excluding carboxylic acids is 1. The first-order valence-corrected chi connectivity index (χ1v) is 6.08. The molecule has 0 radical (unpaired) electrons. The molecule has 0 aromatic heterocycles. The molecule has 1 aromatic rings. The van der Waals surface area contributed by atoms with Crippen molar-refractivity contribution in [1.82, 2.24) is 4.90 Å². The quantitative estimate of drug-likeness (QED) is 0.754. The maximum atomic E-state index is 13.8. The van der Waals surface area contributed by atoms with Gasteiger partial charge in [0.2, 0.25) is 0 Å². The fourth-order valence-corrected chi connectivity index (χ4v) is 1.84. The number of hydrogen-bond donors (Lipinski definition) is 1. The van der Waals surface area contributed by atoms with Crippen molar-refractivity contribution in [2.75, 3.05) is 32.8 Å². The van der Waals surface area contributed by atoms with Crippen LogP contribution in [0.2, 0.25) is 0 Å². The average Bonchev–Trinajstić information content (AvgIpc) is 2.46. The zero-order valence-electron chi connectivity index (χ0n) is 10.5. The maximum Gasteiger partial charge on any atom is 0.254 e. The maximum absolute atomic E-state index is 13.8. The van der Waals surface area contributed by atoms with Gasteiger partial charge in [-0.15, -0.1) is 0 Å². The fraction of sp³-hybridized carbons (Fsp3) is 0.357. The SMILES string of the molecule is NCC#Cc1ccc(C(=O)N2CCOCC2)cc1F. The highest BCUT2D eigenvalue weighted by Crippen LogP contribution is 2.12. The van der Waals surface area contributed by atoms with Crippen LogP contribution in [0.4, 0.5) is 4.39 Å². The first-order chi connectivity index (χ1) is 9.22. The molecule has 1 fully saturated rings. The molecule has 1 aliphatic rings. The fourth-order valence-electron chi connectivity index (χ4n) is 1.84. The first-order valence-electron chi connectivity index (χ1n) is 6.08. The van der Waals surface area contributed by atoms with E-state index in [1.54, 1.807) is 11.0 Å². The van der Waals surface area contributed by atoms with Gasteiger partial charge in [-0.05, 0) is 18.2 Å². The molecule has 0 atom stereocenters. The highest BCUT2D eigenvalue weighted by atomic mass is 19.1. The molecule has 1 amide bonds. The summed E-state index contributed by atoms with van der Waals surface area (Å²) < 4.78 is 18.9. The lowest BCUT2D eigenvalue weighted by Gasteiger charge is -2.26. The molecule has 1 saturated heterocycles. The van der Waals surface area contributed by atoms with Gasteiger partial charge in [0.05, 0.1) is 25.3 Å². The minimum atomic E-state index is -0.500. The summed E-state index contributed by atoms with van der Waals surface area (Å²) in [6, 6.07) is 4.31. The van der Waals surface area contributed by atoms with Crippen LogP contribution < -0.4 is 5.73 Å². The van der Waals surface area contributed by atoms with E-state index in [4.69, 9.17) is 10.5 Å². The molecule has 0 aliphatic carbocycles. The Hall–Kier alpha value is -1.90. The van der Waals surface area contributed by atoms with Gasteiger partial charge in [-0.25, -0.2) is 4.39 Å². The predicted molar refractivity (Wildman–Crippen MR) is 69.1 cm³/mol. The standard InChI is InChI=1S/C14H15FN2O2/c15-13-10-12(4-3-11(13)2-1-5-16)14(18)17-6-8-19-9-7-17/h3-4,10H,5-9,16H2. The molecule has 0 spiro atoms. The van der Waals surface area contributed by atoms with Crippen LogP contribution in [0.3, 0.4) is 0 Å². The molecule has 1 aromatic carbocycles. The van der Waals surface area contributed by atoms with Gasteiger partial charge in [-0.3, -0.25) is 4.79 Å².